The maximum atomic E-state index is 12.2. The Morgan fingerprint density at radius 2 is 1.92 bits per heavy atom. The second-order valence-corrected chi connectivity index (χ2v) is 5.69. The SMILES string of the molecule is CN=C(NCCC(F)(F)F)NCc1ccccc1-n1nc(C)cc1C. The van der Waals surface area contributed by atoms with Gasteiger partial charge in [-0.15, -0.1) is 0 Å². The zero-order valence-corrected chi connectivity index (χ0v) is 14.5. The van der Waals surface area contributed by atoms with E-state index in [0.717, 1.165) is 22.6 Å². The van der Waals surface area contributed by atoms with E-state index in [1.807, 2.05) is 48.9 Å². The van der Waals surface area contributed by atoms with Gasteiger partial charge in [-0.2, -0.15) is 18.3 Å². The Morgan fingerprint density at radius 1 is 1.20 bits per heavy atom. The minimum absolute atomic E-state index is 0.220. The lowest BCUT2D eigenvalue weighted by Gasteiger charge is -2.15. The summed E-state index contributed by atoms with van der Waals surface area (Å²) >= 11 is 0. The number of nitrogens with zero attached hydrogens (tertiary/aromatic N) is 3. The highest BCUT2D eigenvalue weighted by molar-refractivity contribution is 5.79. The monoisotopic (exact) mass is 353 g/mol. The standard InChI is InChI=1S/C17H22F3N5/c1-12-10-13(2)25(24-12)15-7-5-4-6-14(15)11-23-16(21-3)22-9-8-17(18,19)20/h4-7,10H,8-9,11H2,1-3H3,(H2,21,22,23). The van der Waals surface area contributed by atoms with Gasteiger partial charge in [0.15, 0.2) is 5.96 Å². The van der Waals surface area contributed by atoms with Crippen molar-refractivity contribution < 1.29 is 13.2 Å². The van der Waals surface area contributed by atoms with Crippen molar-refractivity contribution in [2.75, 3.05) is 13.6 Å². The van der Waals surface area contributed by atoms with Gasteiger partial charge in [0.2, 0.25) is 0 Å². The van der Waals surface area contributed by atoms with Crippen LogP contribution in [0.5, 0.6) is 0 Å². The summed E-state index contributed by atoms with van der Waals surface area (Å²) in [6.07, 6.45) is -5.09. The number of rotatable bonds is 5. The summed E-state index contributed by atoms with van der Waals surface area (Å²) in [6.45, 7) is 4.10. The predicted molar refractivity (Wildman–Crippen MR) is 91.9 cm³/mol. The molecule has 0 bridgehead atoms. The zero-order chi connectivity index (χ0) is 18.4. The van der Waals surface area contributed by atoms with E-state index < -0.39 is 12.6 Å². The molecule has 0 radical (unpaired) electrons. The summed E-state index contributed by atoms with van der Waals surface area (Å²) in [4.78, 5) is 3.95. The minimum atomic E-state index is -4.19. The second kappa shape index (κ2) is 8.04. The molecule has 2 N–H and O–H groups in total. The summed E-state index contributed by atoms with van der Waals surface area (Å²) in [5.41, 5.74) is 3.82. The van der Waals surface area contributed by atoms with Crippen LogP contribution in [0.2, 0.25) is 0 Å². The van der Waals surface area contributed by atoms with Crippen molar-refractivity contribution in [1.82, 2.24) is 20.4 Å². The molecule has 0 unspecified atom stereocenters. The molecule has 25 heavy (non-hydrogen) atoms. The Labute approximate surface area is 145 Å². The second-order valence-electron chi connectivity index (χ2n) is 5.69. The number of aromatic nitrogens is 2. The van der Waals surface area contributed by atoms with Crippen LogP contribution < -0.4 is 10.6 Å². The number of hydrogen-bond donors (Lipinski definition) is 2. The number of halogens is 3. The highest BCUT2D eigenvalue weighted by atomic mass is 19.4. The van der Waals surface area contributed by atoms with E-state index in [1.54, 1.807) is 0 Å². The number of benzene rings is 1. The molecule has 0 aliphatic heterocycles. The minimum Gasteiger partial charge on any atom is -0.356 e. The maximum Gasteiger partial charge on any atom is 0.390 e. The number of alkyl halides is 3. The molecule has 0 aliphatic rings. The van der Waals surface area contributed by atoms with Gasteiger partial charge in [-0.25, -0.2) is 4.68 Å². The van der Waals surface area contributed by atoms with Crippen molar-refractivity contribution in [2.45, 2.75) is 33.0 Å². The summed E-state index contributed by atoms with van der Waals surface area (Å²) in [5.74, 6) is 0.326. The molecule has 0 fully saturated rings. The first-order valence-corrected chi connectivity index (χ1v) is 7.93. The van der Waals surface area contributed by atoms with Crippen LogP contribution in [-0.2, 0) is 6.54 Å². The third-order valence-electron chi connectivity index (χ3n) is 3.60. The zero-order valence-electron chi connectivity index (χ0n) is 14.5. The highest BCUT2D eigenvalue weighted by Crippen LogP contribution is 2.18. The Balaban J connectivity index is 2.04. The van der Waals surface area contributed by atoms with Crippen LogP contribution in [0, 0.1) is 13.8 Å². The van der Waals surface area contributed by atoms with Crippen LogP contribution in [-0.4, -0.2) is 35.5 Å². The van der Waals surface area contributed by atoms with Crippen LogP contribution in [0.3, 0.4) is 0 Å². The van der Waals surface area contributed by atoms with Gasteiger partial charge < -0.3 is 10.6 Å². The van der Waals surface area contributed by atoms with Crippen molar-refractivity contribution in [3.05, 3.63) is 47.3 Å². The average molecular weight is 353 g/mol. The third-order valence-corrected chi connectivity index (χ3v) is 3.60. The number of guanidine groups is 1. The van der Waals surface area contributed by atoms with Gasteiger partial charge in [-0.1, -0.05) is 18.2 Å². The van der Waals surface area contributed by atoms with E-state index >= 15 is 0 Å². The quantitative estimate of drug-likeness (QED) is 0.642. The Bertz CT molecular complexity index is 734. The smallest absolute Gasteiger partial charge is 0.356 e. The molecule has 5 nitrogen and oxygen atoms in total. The Kier molecular flexibility index (Phi) is 6.06. The number of aryl methyl sites for hydroxylation is 2. The van der Waals surface area contributed by atoms with Crippen LogP contribution in [0.25, 0.3) is 5.69 Å². The lowest BCUT2D eigenvalue weighted by atomic mass is 10.1. The number of hydrogen-bond acceptors (Lipinski definition) is 2. The molecular formula is C17H22F3N5. The number of nitrogens with one attached hydrogen (secondary N) is 2. The molecule has 1 aromatic carbocycles. The highest BCUT2D eigenvalue weighted by Gasteiger charge is 2.26. The molecule has 0 atom stereocenters. The maximum absolute atomic E-state index is 12.2. The van der Waals surface area contributed by atoms with Crippen LogP contribution in [0.15, 0.2) is 35.3 Å². The van der Waals surface area contributed by atoms with Crippen LogP contribution in [0.4, 0.5) is 13.2 Å². The molecule has 136 valence electrons. The third kappa shape index (κ3) is 5.51. The fourth-order valence-electron chi connectivity index (χ4n) is 2.46. The van der Waals surface area contributed by atoms with E-state index in [2.05, 4.69) is 20.7 Å². The first-order chi connectivity index (χ1) is 11.8. The van der Waals surface area contributed by atoms with Gasteiger partial charge in [0.1, 0.15) is 0 Å². The molecule has 0 spiro atoms. The summed E-state index contributed by atoms with van der Waals surface area (Å²) in [5, 5.41) is 10.2. The predicted octanol–water partition coefficient (Wildman–Crippen LogP) is 3.11. The van der Waals surface area contributed by atoms with Gasteiger partial charge in [-0.3, -0.25) is 4.99 Å². The molecular weight excluding hydrogens is 331 g/mol. The largest absolute Gasteiger partial charge is 0.390 e. The summed E-state index contributed by atoms with van der Waals surface area (Å²) in [7, 11) is 1.52. The number of para-hydroxylation sites is 1. The molecule has 1 heterocycles. The van der Waals surface area contributed by atoms with Crippen molar-refractivity contribution in [3.63, 3.8) is 0 Å². The molecule has 0 saturated heterocycles. The van der Waals surface area contributed by atoms with E-state index in [9.17, 15) is 13.2 Å². The average Bonchev–Trinajstić information content (AvgIpc) is 2.88. The fourth-order valence-corrected chi connectivity index (χ4v) is 2.46. The molecule has 8 heteroatoms. The van der Waals surface area contributed by atoms with Gasteiger partial charge in [-0.05, 0) is 31.5 Å². The van der Waals surface area contributed by atoms with Gasteiger partial charge in [0.25, 0.3) is 0 Å². The van der Waals surface area contributed by atoms with Crippen molar-refractivity contribution in [1.29, 1.82) is 0 Å². The first-order valence-electron chi connectivity index (χ1n) is 7.93. The van der Waals surface area contributed by atoms with Gasteiger partial charge >= 0.3 is 6.18 Å². The van der Waals surface area contributed by atoms with Crippen LogP contribution >= 0.6 is 0 Å². The molecule has 0 aliphatic carbocycles. The van der Waals surface area contributed by atoms with Crippen molar-refractivity contribution in [2.24, 2.45) is 4.99 Å². The molecule has 2 aromatic rings. The van der Waals surface area contributed by atoms with E-state index in [1.165, 1.54) is 7.05 Å². The van der Waals surface area contributed by atoms with Crippen molar-refractivity contribution >= 4 is 5.96 Å². The normalized spacial score (nSPS) is 12.3. The van der Waals surface area contributed by atoms with Gasteiger partial charge in [0, 0.05) is 25.8 Å². The molecule has 0 amide bonds. The first kappa shape index (κ1) is 18.8. The van der Waals surface area contributed by atoms with Crippen LogP contribution in [0.1, 0.15) is 23.4 Å². The number of aliphatic imine (C=N–C) groups is 1. The lowest BCUT2D eigenvalue weighted by molar-refractivity contribution is -0.132. The van der Waals surface area contributed by atoms with E-state index in [0.29, 0.717) is 12.5 Å². The topological polar surface area (TPSA) is 54.2 Å². The summed E-state index contributed by atoms with van der Waals surface area (Å²) in [6, 6.07) is 9.72. The Morgan fingerprint density at radius 3 is 2.52 bits per heavy atom. The fraction of sp³-hybridized carbons (Fsp3) is 0.412. The molecule has 1 aromatic heterocycles. The molecule has 2 rings (SSSR count). The Hall–Kier alpha value is -2.51. The lowest BCUT2D eigenvalue weighted by Crippen LogP contribution is -2.38. The van der Waals surface area contributed by atoms with E-state index in [-0.39, 0.29) is 6.54 Å². The summed E-state index contributed by atoms with van der Waals surface area (Å²) < 4.78 is 38.5. The molecule has 0 saturated carbocycles. The van der Waals surface area contributed by atoms with E-state index in [4.69, 9.17) is 0 Å². The van der Waals surface area contributed by atoms with Gasteiger partial charge in [0.05, 0.1) is 17.8 Å². The van der Waals surface area contributed by atoms with Crippen molar-refractivity contribution in [3.8, 4) is 5.69 Å².